The maximum Gasteiger partial charge on any atom is 0.242 e. The Morgan fingerprint density at radius 2 is 1.73 bits per heavy atom. The van der Waals surface area contributed by atoms with Gasteiger partial charge in [0.1, 0.15) is 11.8 Å². The predicted octanol–water partition coefficient (Wildman–Crippen LogP) is 4.19. The summed E-state index contributed by atoms with van der Waals surface area (Å²) in [6, 6.07) is 12.4. The van der Waals surface area contributed by atoms with E-state index in [0.717, 1.165) is 29.5 Å². The number of rotatable bonds is 14. The van der Waals surface area contributed by atoms with Crippen LogP contribution in [-0.4, -0.2) is 57.6 Å². The molecule has 1 N–H and O–H groups in total. The molecule has 2 aromatic carbocycles. The molecule has 0 aliphatic rings. The number of unbranched alkanes of at least 4 members (excludes halogenated alkanes) is 1. The van der Waals surface area contributed by atoms with Crippen LogP contribution < -0.4 is 14.4 Å². The summed E-state index contributed by atoms with van der Waals surface area (Å²) in [6.45, 7) is 8.54. The molecule has 1 unspecified atom stereocenters. The molecular weight excluding hydrogens is 490 g/mol. The topological polar surface area (TPSA) is 96.0 Å². The number of nitrogens with zero attached hydrogens (tertiary/aromatic N) is 2. The highest BCUT2D eigenvalue weighted by molar-refractivity contribution is 7.92. The summed E-state index contributed by atoms with van der Waals surface area (Å²) in [5.74, 6) is 0.297. The van der Waals surface area contributed by atoms with Gasteiger partial charge in [0.15, 0.2) is 0 Å². The third-order valence-corrected chi connectivity index (χ3v) is 7.47. The predicted molar refractivity (Wildman–Crippen MR) is 148 cm³/mol. The maximum absolute atomic E-state index is 13.4. The highest BCUT2D eigenvalue weighted by atomic mass is 32.2. The number of hydrogen-bond acceptors (Lipinski definition) is 5. The van der Waals surface area contributed by atoms with Crippen LogP contribution in [0.25, 0.3) is 0 Å². The van der Waals surface area contributed by atoms with Crippen molar-refractivity contribution in [1.82, 2.24) is 10.2 Å². The number of amides is 2. The average molecular weight is 532 g/mol. The number of nitrogens with one attached hydrogen (secondary N) is 1. The Morgan fingerprint density at radius 3 is 2.32 bits per heavy atom. The molecule has 0 aliphatic heterocycles. The van der Waals surface area contributed by atoms with Crippen LogP contribution in [0.4, 0.5) is 5.69 Å². The van der Waals surface area contributed by atoms with Crippen molar-refractivity contribution < 1.29 is 22.7 Å². The van der Waals surface area contributed by atoms with Crippen molar-refractivity contribution in [2.45, 2.75) is 66.0 Å². The summed E-state index contributed by atoms with van der Waals surface area (Å²) in [6.07, 6.45) is 3.43. The molecule has 0 radical (unpaired) electrons. The molecule has 0 saturated carbocycles. The molecule has 0 aliphatic carbocycles. The van der Waals surface area contributed by atoms with E-state index in [4.69, 9.17) is 4.74 Å². The quantitative estimate of drug-likeness (QED) is 0.369. The van der Waals surface area contributed by atoms with Crippen molar-refractivity contribution in [1.29, 1.82) is 0 Å². The molecule has 2 rings (SSSR count). The van der Waals surface area contributed by atoms with E-state index in [0.29, 0.717) is 24.4 Å². The average Bonchev–Trinajstić information content (AvgIpc) is 2.86. The van der Waals surface area contributed by atoms with Crippen molar-refractivity contribution in [3.05, 3.63) is 59.2 Å². The summed E-state index contributed by atoms with van der Waals surface area (Å²) < 4.78 is 31.8. The third kappa shape index (κ3) is 9.07. The number of methoxy groups -OCH3 is 1. The van der Waals surface area contributed by atoms with Crippen LogP contribution in [0.5, 0.6) is 5.75 Å². The van der Waals surface area contributed by atoms with Crippen molar-refractivity contribution in [2.24, 2.45) is 0 Å². The molecule has 9 heteroatoms. The van der Waals surface area contributed by atoms with Gasteiger partial charge in [-0.3, -0.25) is 13.9 Å². The minimum Gasteiger partial charge on any atom is -0.497 e. The van der Waals surface area contributed by atoms with Crippen LogP contribution in [-0.2, 0) is 26.2 Å². The summed E-state index contributed by atoms with van der Waals surface area (Å²) in [5, 5.41) is 2.91. The first-order chi connectivity index (χ1) is 17.5. The fourth-order valence-corrected chi connectivity index (χ4v) is 5.03. The zero-order valence-corrected chi connectivity index (χ0v) is 23.7. The molecule has 0 saturated heterocycles. The van der Waals surface area contributed by atoms with Gasteiger partial charge in [0.2, 0.25) is 21.8 Å². The standard InChI is InChI=1S/C28H41N3O5S/c1-7-8-17-29-28(33)23(4)30(20-24-13-15-25(36-5)16-14-24)27(32)10-9-18-31(37(6,34)35)26-19-21(2)11-12-22(26)3/h11-16,19,23H,7-10,17-18,20H2,1-6H3,(H,29,33). The molecule has 0 bridgehead atoms. The molecule has 37 heavy (non-hydrogen) atoms. The van der Waals surface area contributed by atoms with Crippen LogP contribution in [0.1, 0.15) is 56.2 Å². The second-order valence-electron chi connectivity index (χ2n) is 9.42. The second kappa shape index (κ2) is 14.0. The Balaban J connectivity index is 2.18. The minimum atomic E-state index is -3.54. The molecule has 0 spiro atoms. The Labute approximate surface area is 222 Å². The Bertz CT molecular complexity index is 1150. The maximum atomic E-state index is 13.4. The van der Waals surface area contributed by atoms with Crippen molar-refractivity contribution in [2.75, 3.05) is 30.8 Å². The summed E-state index contributed by atoms with van der Waals surface area (Å²) >= 11 is 0. The number of carbonyl (C=O) groups is 2. The van der Waals surface area contributed by atoms with E-state index in [9.17, 15) is 18.0 Å². The van der Waals surface area contributed by atoms with E-state index >= 15 is 0 Å². The van der Waals surface area contributed by atoms with Crippen LogP contribution in [0.2, 0.25) is 0 Å². The van der Waals surface area contributed by atoms with Gasteiger partial charge in [-0.1, -0.05) is 37.6 Å². The van der Waals surface area contributed by atoms with Gasteiger partial charge in [0.05, 0.1) is 19.1 Å². The molecular formula is C28H41N3O5S. The highest BCUT2D eigenvalue weighted by Gasteiger charge is 2.27. The van der Waals surface area contributed by atoms with Crippen LogP contribution in [0.3, 0.4) is 0 Å². The smallest absolute Gasteiger partial charge is 0.242 e. The van der Waals surface area contributed by atoms with Gasteiger partial charge in [-0.15, -0.1) is 0 Å². The zero-order chi connectivity index (χ0) is 27.6. The van der Waals surface area contributed by atoms with Gasteiger partial charge in [-0.05, 0) is 68.5 Å². The fourth-order valence-electron chi connectivity index (χ4n) is 4.02. The van der Waals surface area contributed by atoms with Gasteiger partial charge in [-0.2, -0.15) is 0 Å². The van der Waals surface area contributed by atoms with Gasteiger partial charge in [-0.25, -0.2) is 8.42 Å². The summed E-state index contributed by atoms with van der Waals surface area (Å²) in [4.78, 5) is 27.8. The number of sulfonamides is 1. The number of benzene rings is 2. The van der Waals surface area contributed by atoms with Gasteiger partial charge in [0.25, 0.3) is 0 Å². The normalized spacial score (nSPS) is 12.1. The first-order valence-electron chi connectivity index (χ1n) is 12.7. The monoisotopic (exact) mass is 531 g/mol. The molecule has 204 valence electrons. The van der Waals surface area contributed by atoms with E-state index in [1.165, 1.54) is 10.6 Å². The van der Waals surface area contributed by atoms with Crippen LogP contribution in [0, 0.1) is 13.8 Å². The fraction of sp³-hybridized carbons (Fsp3) is 0.500. The lowest BCUT2D eigenvalue weighted by atomic mass is 10.1. The Kier molecular flexibility index (Phi) is 11.4. The molecule has 8 nitrogen and oxygen atoms in total. The minimum absolute atomic E-state index is 0.111. The SMILES string of the molecule is CCCCNC(=O)C(C)N(Cc1ccc(OC)cc1)C(=O)CCCN(c1cc(C)ccc1C)S(C)(=O)=O. The second-order valence-corrected chi connectivity index (χ2v) is 11.3. The van der Waals surface area contributed by atoms with E-state index in [1.54, 1.807) is 18.9 Å². The lowest BCUT2D eigenvalue weighted by Gasteiger charge is -2.29. The molecule has 0 aromatic heterocycles. The number of carbonyl (C=O) groups excluding carboxylic acids is 2. The van der Waals surface area contributed by atoms with Crippen molar-refractivity contribution in [3.8, 4) is 5.75 Å². The van der Waals surface area contributed by atoms with Gasteiger partial charge >= 0.3 is 0 Å². The Morgan fingerprint density at radius 1 is 1.05 bits per heavy atom. The highest BCUT2D eigenvalue weighted by Crippen LogP contribution is 2.25. The van der Waals surface area contributed by atoms with Crippen molar-refractivity contribution in [3.63, 3.8) is 0 Å². The first-order valence-corrected chi connectivity index (χ1v) is 14.6. The van der Waals surface area contributed by atoms with E-state index < -0.39 is 16.1 Å². The van der Waals surface area contributed by atoms with E-state index in [-0.39, 0.29) is 31.3 Å². The zero-order valence-electron chi connectivity index (χ0n) is 22.9. The summed E-state index contributed by atoms with van der Waals surface area (Å²) in [5.41, 5.74) is 3.30. The summed E-state index contributed by atoms with van der Waals surface area (Å²) in [7, 11) is -1.95. The third-order valence-electron chi connectivity index (χ3n) is 6.29. The number of hydrogen-bond donors (Lipinski definition) is 1. The lowest BCUT2D eigenvalue weighted by molar-refractivity contribution is -0.140. The molecule has 0 fully saturated rings. The van der Waals surface area contributed by atoms with Crippen LogP contribution in [0.15, 0.2) is 42.5 Å². The largest absolute Gasteiger partial charge is 0.497 e. The molecule has 1 atom stereocenters. The van der Waals surface area contributed by atoms with E-state index in [2.05, 4.69) is 5.32 Å². The van der Waals surface area contributed by atoms with Gasteiger partial charge < -0.3 is 15.0 Å². The molecule has 2 aromatic rings. The number of aryl methyl sites for hydroxylation is 2. The lowest BCUT2D eigenvalue weighted by Crippen LogP contribution is -2.48. The number of ether oxygens (including phenoxy) is 1. The van der Waals surface area contributed by atoms with Crippen LogP contribution >= 0.6 is 0 Å². The Hall–Kier alpha value is -3.07. The molecule has 2 amide bonds. The first kappa shape index (κ1) is 30.2. The number of anilines is 1. The molecule has 0 heterocycles. The van der Waals surface area contributed by atoms with E-state index in [1.807, 2.05) is 63.2 Å². The van der Waals surface area contributed by atoms with Crippen molar-refractivity contribution >= 4 is 27.5 Å². The van der Waals surface area contributed by atoms with Gasteiger partial charge in [0, 0.05) is 26.1 Å².